The highest BCUT2D eigenvalue weighted by molar-refractivity contribution is 5.92. The van der Waals surface area contributed by atoms with Crippen LogP contribution in [0.15, 0.2) is 66.7 Å². The highest BCUT2D eigenvalue weighted by Crippen LogP contribution is 2.23. The molecule has 0 aromatic heterocycles. The number of hydrogen-bond donors (Lipinski definition) is 1. The minimum atomic E-state index is 0.724. The molecule has 0 aliphatic rings. The van der Waals surface area contributed by atoms with Crippen molar-refractivity contribution in [2.75, 3.05) is 5.73 Å². The average Bonchev–Trinajstić information content (AvgIpc) is 2.47. The van der Waals surface area contributed by atoms with Gasteiger partial charge < -0.3 is 5.73 Å². The number of hydrogen-bond acceptors (Lipinski definition) is 1. The van der Waals surface area contributed by atoms with E-state index in [-0.39, 0.29) is 0 Å². The van der Waals surface area contributed by atoms with Crippen LogP contribution in [0.1, 0.15) is 11.1 Å². The molecule has 0 aliphatic heterocycles. The van der Waals surface area contributed by atoms with Gasteiger partial charge in [-0.05, 0) is 29.0 Å². The number of benzene rings is 3. The molecule has 1 heteroatoms. The molecule has 0 fully saturated rings. The van der Waals surface area contributed by atoms with Crippen LogP contribution >= 0.6 is 0 Å². The molecular formula is C18H13N. The van der Waals surface area contributed by atoms with Gasteiger partial charge in [-0.2, -0.15) is 0 Å². The van der Waals surface area contributed by atoms with Crippen molar-refractivity contribution >= 4 is 16.5 Å². The van der Waals surface area contributed by atoms with Gasteiger partial charge in [-0.15, -0.1) is 0 Å². The third-order valence-electron chi connectivity index (χ3n) is 3.07. The van der Waals surface area contributed by atoms with Crippen molar-refractivity contribution in [1.29, 1.82) is 0 Å². The Morgan fingerprint density at radius 3 is 2.26 bits per heavy atom. The van der Waals surface area contributed by atoms with Gasteiger partial charge in [0.05, 0.1) is 5.56 Å². The summed E-state index contributed by atoms with van der Waals surface area (Å²) in [6, 6.07) is 22.0. The molecule has 0 radical (unpaired) electrons. The molecule has 3 aromatic carbocycles. The summed E-state index contributed by atoms with van der Waals surface area (Å²) in [4.78, 5) is 0. The van der Waals surface area contributed by atoms with Crippen LogP contribution in [-0.2, 0) is 0 Å². The minimum Gasteiger partial charge on any atom is -0.398 e. The second-order valence-electron chi connectivity index (χ2n) is 4.37. The molecule has 0 saturated carbocycles. The smallest absolute Gasteiger partial charge is 0.0557 e. The van der Waals surface area contributed by atoms with E-state index in [0.29, 0.717) is 0 Å². The summed E-state index contributed by atoms with van der Waals surface area (Å²) >= 11 is 0. The maximum atomic E-state index is 6.05. The lowest BCUT2D eigenvalue weighted by molar-refractivity contribution is 1.64. The van der Waals surface area contributed by atoms with Gasteiger partial charge in [0.2, 0.25) is 0 Å². The van der Waals surface area contributed by atoms with Crippen LogP contribution in [0.3, 0.4) is 0 Å². The van der Waals surface area contributed by atoms with Gasteiger partial charge in [0.1, 0.15) is 0 Å². The summed E-state index contributed by atoms with van der Waals surface area (Å²) in [5.41, 5.74) is 8.67. The highest BCUT2D eigenvalue weighted by atomic mass is 14.6. The lowest BCUT2D eigenvalue weighted by Crippen LogP contribution is -1.91. The number of fused-ring (bicyclic) bond motifs is 1. The molecule has 2 N–H and O–H groups in total. The summed E-state index contributed by atoms with van der Waals surface area (Å²) < 4.78 is 0. The molecule has 1 nitrogen and oxygen atoms in total. The van der Waals surface area contributed by atoms with Gasteiger partial charge in [-0.1, -0.05) is 60.4 Å². The summed E-state index contributed by atoms with van der Waals surface area (Å²) in [5.74, 6) is 6.36. The topological polar surface area (TPSA) is 26.0 Å². The largest absolute Gasteiger partial charge is 0.398 e. The van der Waals surface area contributed by atoms with Crippen molar-refractivity contribution in [2.45, 2.75) is 0 Å². The van der Waals surface area contributed by atoms with Crippen LogP contribution in [-0.4, -0.2) is 0 Å². The van der Waals surface area contributed by atoms with Gasteiger partial charge >= 0.3 is 0 Å². The van der Waals surface area contributed by atoms with E-state index < -0.39 is 0 Å². The number of rotatable bonds is 0. The van der Waals surface area contributed by atoms with Gasteiger partial charge in [0.15, 0.2) is 0 Å². The Balaban J connectivity index is 2.16. The Labute approximate surface area is 112 Å². The third-order valence-corrected chi connectivity index (χ3v) is 3.07. The summed E-state index contributed by atoms with van der Waals surface area (Å²) in [6.45, 7) is 0. The molecule has 3 rings (SSSR count). The van der Waals surface area contributed by atoms with E-state index in [9.17, 15) is 0 Å². The van der Waals surface area contributed by atoms with E-state index >= 15 is 0 Å². The second-order valence-corrected chi connectivity index (χ2v) is 4.37. The summed E-state index contributed by atoms with van der Waals surface area (Å²) in [6.07, 6.45) is 0. The van der Waals surface area contributed by atoms with Gasteiger partial charge in [-0.3, -0.25) is 0 Å². The minimum absolute atomic E-state index is 0.724. The first-order valence-electron chi connectivity index (χ1n) is 6.19. The molecule has 0 unspecified atom stereocenters. The van der Waals surface area contributed by atoms with Crippen molar-refractivity contribution in [3.05, 3.63) is 77.9 Å². The number of nitrogen functional groups attached to an aromatic ring is 1. The third kappa shape index (κ3) is 2.29. The molecule has 0 heterocycles. The predicted molar refractivity (Wildman–Crippen MR) is 80.8 cm³/mol. The maximum absolute atomic E-state index is 6.05. The number of nitrogens with two attached hydrogens (primary N) is 1. The Hall–Kier alpha value is -2.72. The maximum Gasteiger partial charge on any atom is 0.0557 e. The van der Waals surface area contributed by atoms with Crippen LogP contribution in [0.2, 0.25) is 0 Å². The lowest BCUT2D eigenvalue weighted by atomic mass is 10.0. The summed E-state index contributed by atoms with van der Waals surface area (Å²) in [7, 11) is 0. The van der Waals surface area contributed by atoms with Crippen molar-refractivity contribution < 1.29 is 0 Å². The van der Waals surface area contributed by atoms with E-state index in [2.05, 4.69) is 24.0 Å². The first-order valence-corrected chi connectivity index (χ1v) is 6.19. The van der Waals surface area contributed by atoms with E-state index in [0.717, 1.165) is 27.6 Å². The quantitative estimate of drug-likeness (QED) is 0.471. The molecule has 0 atom stereocenters. The normalized spacial score (nSPS) is 9.89. The molecule has 19 heavy (non-hydrogen) atoms. The molecule has 0 spiro atoms. The Kier molecular flexibility index (Phi) is 2.92. The van der Waals surface area contributed by atoms with Crippen LogP contribution in [0.4, 0.5) is 5.69 Å². The number of anilines is 1. The van der Waals surface area contributed by atoms with Crippen molar-refractivity contribution in [3.8, 4) is 11.8 Å². The average molecular weight is 243 g/mol. The van der Waals surface area contributed by atoms with Crippen LogP contribution in [0, 0.1) is 11.8 Å². The van der Waals surface area contributed by atoms with Gasteiger partial charge in [0.25, 0.3) is 0 Å². The standard InChI is InChI=1S/C18H13N/c19-18-13-11-15-8-4-5-9-16(15)17(18)12-10-14-6-2-1-3-7-14/h1-9,11,13H,19H2. The molecular weight excluding hydrogens is 230 g/mol. The zero-order valence-electron chi connectivity index (χ0n) is 10.4. The van der Waals surface area contributed by atoms with E-state index in [4.69, 9.17) is 5.73 Å². The van der Waals surface area contributed by atoms with E-state index in [1.54, 1.807) is 0 Å². The molecule has 0 bridgehead atoms. The van der Waals surface area contributed by atoms with E-state index in [1.165, 1.54) is 0 Å². The van der Waals surface area contributed by atoms with Crippen molar-refractivity contribution in [2.24, 2.45) is 0 Å². The van der Waals surface area contributed by atoms with E-state index in [1.807, 2.05) is 54.6 Å². The van der Waals surface area contributed by atoms with Gasteiger partial charge in [-0.25, -0.2) is 0 Å². The second kappa shape index (κ2) is 4.88. The monoisotopic (exact) mass is 243 g/mol. The molecule has 0 aliphatic carbocycles. The Morgan fingerprint density at radius 2 is 1.42 bits per heavy atom. The zero-order valence-corrected chi connectivity index (χ0v) is 10.4. The fourth-order valence-corrected chi connectivity index (χ4v) is 2.08. The first kappa shape index (κ1) is 11.4. The highest BCUT2D eigenvalue weighted by Gasteiger charge is 2.01. The Bertz CT molecular complexity index is 777. The molecule has 0 amide bonds. The molecule has 90 valence electrons. The predicted octanol–water partition coefficient (Wildman–Crippen LogP) is 3.82. The zero-order chi connectivity index (χ0) is 13.1. The van der Waals surface area contributed by atoms with Crippen molar-refractivity contribution in [3.63, 3.8) is 0 Å². The fraction of sp³-hybridized carbons (Fsp3) is 0. The fourth-order valence-electron chi connectivity index (χ4n) is 2.08. The summed E-state index contributed by atoms with van der Waals surface area (Å²) in [5, 5.41) is 2.26. The van der Waals surface area contributed by atoms with Crippen LogP contribution in [0.25, 0.3) is 10.8 Å². The molecule has 0 saturated heterocycles. The van der Waals surface area contributed by atoms with Gasteiger partial charge in [0, 0.05) is 11.3 Å². The van der Waals surface area contributed by atoms with Crippen LogP contribution < -0.4 is 5.73 Å². The lowest BCUT2D eigenvalue weighted by Gasteiger charge is -2.03. The van der Waals surface area contributed by atoms with Crippen LogP contribution in [0.5, 0.6) is 0 Å². The Morgan fingerprint density at radius 1 is 0.684 bits per heavy atom. The van der Waals surface area contributed by atoms with Crippen molar-refractivity contribution in [1.82, 2.24) is 0 Å². The first-order chi connectivity index (χ1) is 9.34. The SMILES string of the molecule is Nc1ccc2ccccc2c1C#Cc1ccccc1. The molecule has 3 aromatic rings.